The lowest BCUT2D eigenvalue weighted by molar-refractivity contribution is -0.140. The van der Waals surface area contributed by atoms with E-state index >= 15 is 0 Å². The van der Waals surface area contributed by atoms with Crippen LogP contribution in [-0.2, 0) is 26.2 Å². The number of ether oxygens (including phenoxy) is 1. The Kier molecular flexibility index (Phi) is 10.3. The van der Waals surface area contributed by atoms with Crippen LogP contribution in [-0.4, -0.2) is 51.4 Å². The second-order valence-electron chi connectivity index (χ2n) is 8.75. The molecule has 9 heteroatoms. The number of hydrogen-bond acceptors (Lipinski definition) is 5. The molecule has 1 unspecified atom stereocenters. The van der Waals surface area contributed by atoms with Gasteiger partial charge >= 0.3 is 0 Å². The molecule has 0 heterocycles. The number of nitrogens with one attached hydrogen (secondary N) is 1. The van der Waals surface area contributed by atoms with E-state index in [2.05, 4.69) is 5.32 Å². The molecule has 0 spiro atoms. The standard InChI is InChI=1S/C29H35N3O5S/c1-4-20-30-29(34)27(5-2)31(21-23-12-8-6-9-13-23)28(33)22-32(24-14-10-7-11-15-24)38(35,36)26-18-16-25(37-3)17-19-26/h6-19,27H,4-5,20-22H2,1-3H3,(H,30,34). The Labute approximate surface area is 225 Å². The first-order valence-corrected chi connectivity index (χ1v) is 14.1. The highest BCUT2D eigenvalue weighted by Crippen LogP contribution is 2.26. The molecule has 3 aromatic carbocycles. The minimum Gasteiger partial charge on any atom is -0.497 e. The zero-order valence-corrected chi connectivity index (χ0v) is 22.9. The van der Waals surface area contributed by atoms with Crippen LogP contribution in [0.2, 0.25) is 0 Å². The van der Waals surface area contributed by atoms with Crippen LogP contribution >= 0.6 is 0 Å². The van der Waals surface area contributed by atoms with Crippen molar-refractivity contribution >= 4 is 27.5 Å². The van der Waals surface area contributed by atoms with Crippen LogP contribution in [0.15, 0.2) is 89.8 Å². The molecule has 1 atom stereocenters. The average molecular weight is 538 g/mol. The second-order valence-corrected chi connectivity index (χ2v) is 10.6. The van der Waals surface area contributed by atoms with Gasteiger partial charge in [-0.15, -0.1) is 0 Å². The van der Waals surface area contributed by atoms with Crippen LogP contribution in [0.4, 0.5) is 5.69 Å². The molecule has 0 fully saturated rings. The summed E-state index contributed by atoms with van der Waals surface area (Å²) in [6.07, 6.45) is 1.14. The van der Waals surface area contributed by atoms with Gasteiger partial charge in [-0.05, 0) is 54.8 Å². The maximum Gasteiger partial charge on any atom is 0.264 e. The van der Waals surface area contributed by atoms with Crippen molar-refractivity contribution in [3.05, 3.63) is 90.5 Å². The predicted molar refractivity (Wildman–Crippen MR) is 148 cm³/mol. The van der Waals surface area contributed by atoms with E-state index in [0.717, 1.165) is 16.3 Å². The Balaban J connectivity index is 2.01. The third-order valence-electron chi connectivity index (χ3n) is 6.10. The first kappa shape index (κ1) is 28.7. The molecule has 0 aliphatic heterocycles. The number of benzene rings is 3. The molecule has 38 heavy (non-hydrogen) atoms. The number of nitrogens with zero attached hydrogens (tertiary/aromatic N) is 2. The smallest absolute Gasteiger partial charge is 0.264 e. The van der Waals surface area contributed by atoms with E-state index in [1.807, 2.05) is 44.2 Å². The van der Waals surface area contributed by atoms with Gasteiger partial charge in [0, 0.05) is 13.1 Å². The van der Waals surface area contributed by atoms with Gasteiger partial charge in [-0.3, -0.25) is 13.9 Å². The fourth-order valence-electron chi connectivity index (χ4n) is 4.06. The molecule has 0 aromatic heterocycles. The summed E-state index contributed by atoms with van der Waals surface area (Å²) in [5, 5.41) is 2.88. The minimum atomic E-state index is -4.12. The van der Waals surface area contributed by atoms with Gasteiger partial charge in [0.05, 0.1) is 17.7 Å². The number of methoxy groups -OCH3 is 1. The molecule has 0 aliphatic carbocycles. The van der Waals surface area contributed by atoms with E-state index in [0.29, 0.717) is 24.4 Å². The van der Waals surface area contributed by atoms with Crippen molar-refractivity contribution in [1.82, 2.24) is 10.2 Å². The van der Waals surface area contributed by atoms with E-state index < -0.39 is 28.5 Å². The molecular formula is C29H35N3O5S. The van der Waals surface area contributed by atoms with Crippen LogP contribution in [0.25, 0.3) is 0 Å². The van der Waals surface area contributed by atoms with Gasteiger partial charge in [0.1, 0.15) is 18.3 Å². The van der Waals surface area contributed by atoms with Gasteiger partial charge in [0.25, 0.3) is 10.0 Å². The van der Waals surface area contributed by atoms with Crippen molar-refractivity contribution in [1.29, 1.82) is 0 Å². The molecule has 0 radical (unpaired) electrons. The van der Waals surface area contributed by atoms with Crippen LogP contribution in [0, 0.1) is 0 Å². The second kappa shape index (κ2) is 13.6. The third kappa shape index (κ3) is 7.13. The third-order valence-corrected chi connectivity index (χ3v) is 7.89. The summed E-state index contributed by atoms with van der Waals surface area (Å²) in [5.74, 6) is -0.222. The number of amides is 2. The summed E-state index contributed by atoms with van der Waals surface area (Å²) in [6, 6.07) is 23.1. The Morgan fingerprint density at radius 2 is 1.50 bits per heavy atom. The van der Waals surface area contributed by atoms with E-state index in [1.165, 1.54) is 24.1 Å². The Morgan fingerprint density at radius 1 is 0.895 bits per heavy atom. The quantitative estimate of drug-likeness (QED) is 0.352. The maximum absolute atomic E-state index is 13.9. The molecule has 1 N–H and O–H groups in total. The zero-order chi connectivity index (χ0) is 27.5. The highest BCUT2D eigenvalue weighted by atomic mass is 32.2. The summed E-state index contributed by atoms with van der Waals surface area (Å²) >= 11 is 0. The van der Waals surface area contributed by atoms with Crippen LogP contribution < -0.4 is 14.4 Å². The van der Waals surface area contributed by atoms with Gasteiger partial charge in [0.15, 0.2) is 0 Å². The van der Waals surface area contributed by atoms with Crippen LogP contribution in [0.3, 0.4) is 0 Å². The molecule has 0 saturated carbocycles. The Morgan fingerprint density at radius 3 is 2.05 bits per heavy atom. The normalized spacial score (nSPS) is 11.9. The summed E-state index contributed by atoms with van der Waals surface area (Å²) in [5.41, 5.74) is 1.19. The highest BCUT2D eigenvalue weighted by Gasteiger charge is 2.33. The highest BCUT2D eigenvalue weighted by molar-refractivity contribution is 7.92. The van der Waals surface area contributed by atoms with E-state index in [-0.39, 0.29) is 17.3 Å². The zero-order valence-electron chi connectivity index (χ0n) is 22.0. The molecule has 3 rings (SSSR count). The first-order valence-electron chi connectivity index (χ1n) is 12.6. The van der Waals surface area contributed by atoms with Gasteiger partial charge in [0.2, 0.25) is 11.8 Å². The van der Waals surface area contributed by atoms with E-state index in [1.54, 1.807) is 42.5 Å². The SMILES string of the molecule is CCCNC(=O)C(CC)N(Cc1ccccc1)C(=O)CN(c1ccccc1)S(=O)(=O)c1ccc(OC)cc1. The molecule has 2 amide bonds. The fourth-order valence-corrected chi connectivity index (χ4v) is 5.48. The maximum atomic E-state index is 13.9. The summed E-state index contributed by atoms with van der Waals surface area (Å²) in [7, 11) is -2.62. The summed E-state index contributed by atoms with van der Waals surface area (Å²) in [4.78, 5) is 28.5. The lowest BCUT2D eigenvalue weighted by atomic mass is 10.1. The topological polar surface area (TPSA) is 96.0 Å². The lowest BCUT2D eigenvalue weighted by Gasteiger charge is -2.33. The summed E-state index contributed by atoms with van der Waals surface area (Å²) < 4.78 is 33.8. The Hall–Kier alpha value is -3.85. The molecule has 202 valence electrons. The number of sulfonamides is 1. The number of anilines is 1. The first-order chi connectivity index (χ1) is 18.3. The lowest BCUT2D eigenvalue weighted by Crippen LogP contribution is -2.52. The van der Waals surface area contributed by atoms with Gasteiger partial charge in [-0.25, -0.2) is 8.42 Å². The van der Waals surface area contributed by atoms with E-state index in [9.17, 15) is 18.0 Å². The van der Waals surface area contributed by atoms with E-state index in [4.69, 9.17) is 4.74 Å². The monoisotopic (exact) mass is 537 g/mol. The average Bonchev–Trinajstić information content (AvgIpc) is 2.95. The predicted octanol–water partition coefficient (Wildman–Crippen LogP) is 4.22. The van der Waals surface area contributed by atoms with Crippen molar-refractivity contribution in [2.75, 3.05) is 24.5 Å². The van der Waals surface area contributed by atoms with Gasteiger partial charge < -0.3 is 15.0 Å². The number of hydrogen-bond donors (Lipinski definition) is 1. The van der Waals surface area contributed by atoms with Crippen molar-refractivity contribution in [3.8, 4) is 5.75 Å². The Bertz CT molecular complexity index is 1280. The number of rotatable bonds is 13. The molecule has 8 nitrogen and oxygen atoms in total. The molecular weight excluding hydrogens is 502 g/mol. The van der Waals surface area contributed by atoms with Crippen molar-refractivity contribution < 1.29 is 22.7 Å². The van der Waals surface area contributed by atoms with Crippen molar-refractivity contribution in [2.24, 2.45) is 0 Å². The molecule has 0 saturated heterocycles. The van der Waals surface area contributed by atoms with Crippen molar-refractivity contribution in [2.45, 2.75) is 44.2 Å². The molecule has 3 aromatic rings. The van der Waals surface area contributed by atoms with Crippen molar-refractivity contribution in [3.63, 3.8) is 0 Å². The largest absolute Gasteiger partial charge is 0.497 e. The molecule has 0 bridgehead atoms. The molecule has 0 aliphatic rings. The van der Waals surface area contributed by atoms with Crippen LogP contribution in [0.5, 0.6) is 5.75 Å². The van der Waals surface area contributed by atoms with Gasteiger partial charge in [-0.2, -0.15) is 0 Å². The number of para-hydroxylation sites is 1. The number of carbonyl (C=O) groups excluding carboxylic acids is 2. The minimum absolute atomic E-state index is 0.0253. The number of carbonyl (C=O) groups is 2. The fraction of sp³-hybridized carbons (Fsp3) is 0.310. The van der Waals surface area contributed by atoms with Crippen LogP contribution in [0.1, 0.15) is 32.3 Å². The summed E-state index contributed by atoms with van der Waals surface area (Å²) in [6.45, 7) is 3.98. The van der Waals surface area contributed by atoms with Gasteiger partial charge in [-0.1, -0.05) is 62.4 Å².